The lowest BCUT2D eigenvalue weighted by atomic mass is 9.87. The minimum absolute atomic E-state index is 0.233. The maximum Gasteiger partial charge on any atom is 0.291 e. The molecule has 10 nitrogen and oxygen atoms in total. The molecular formula is C41H51ClN8O2. The van der Waals surface area contributed by atoms with Crippen molar-refractivity contribution in [3.63, 3.8) is 0 Å². The summed E-state index contributed by atoms with van der Waals surface area (Å²) in [6.45, 7) is 7.79. The SMILES string of the molecule is Cc1c(NC(=O)c2nc3c(n2C)CCN(CC2CC2)C3)cccc1-c1cccc(NC(=O)c2nc3c(n2C)CCN(CCC2CCCCC2)C3)c1Cl. The number of halogens is 1. The van der Waals surface area contributed by atoms with Crippen molar-refractivity contribution in [2.75, 3.05) is 36.8 Å². The average Bonchev–Trinajstić information content (AvgIpc) is 3.82. The molecule has 0 radical (unpaired) electrons. The number of hydrogen-bond acceptors (Lipinski definition) is 6. The highest BCUT2D eigenvalue weighted by atomic mass is 35.5. The van der Waals surface area contributed by atoms with Crippen molar-refractivity contribution in [1.29, 1.82) is 0 Å². The number of aromatic nitrogens is 4. The molecule has 0 spiro atoms. The summed E-state index contributed by atoms with van der Waals surface area (Å²) in [5, 5.41) is 6.60. The number of anilines is 2. The quantitative estimate of drug-likeness (QED) is 0.177. The van der Waals surface area contributed by atoms with Gasteiger partial charge in [0.1, 0.15) is 0 Å². The van der Waals surface area contributed by atoms with Crippen LogP contribution in [0, 0.1) is 18.8 Å². The molecule has 0 bridgehead atoms. The first-order valence-electron chi connectivity index (χ1n) is 19.3. The number of nitrogens with one attached hydrogen (secondary N) is 2. The Kier molecular flexibility index (Phi) is 9.98. The average molecular weight is 723 g/mol. The lowest BCUT2D eigenvalue weighted by Crippen LogP contribution is -2.33. The van der Waals surface area contributed by atoms with E-state index in [-0.39, 0.29) is 11.8 Å². The molecule has 2 aliphatic carbocycles. The molecule has 52 heavy (non-hydrogen) atoms. The minimum atomic E-state index is -0.282. The van der Waals surface area contributed by atoms with Crippen LogP contribution in [0.2, 0.25) is 5.02 Å². The highest BCUT2D eigenvalue weighted by Crippen LogP contribution is 2.38. The van der Waals surface area contributed by atoms with Crippen molar-refractivity contribution in [2.45, 2.75) is 84.2 Å². The van der Waals surface area contributed by atoms with E-state index in [1.165, 1.54) is 51.4 Å². The molecule has 0 unspecified atom stereocenters. The highest BCUT2D eigenvalue weighted by Gasteiger charge is 2.30. The molecule has 2 fully saturated rings. The van der Waals surface area contributed by atoms with Crippen molar-refractivity contribution in [1.82, 2.24) is 28.9 Å². The predicted octanol–water partition coefficient (Wildman–Crippen LogP) is 7.38. The first-order valence-corrected chi connectivity index (χ1v) is 19.7. The zero-order valence-corrected chi connectivity index (χ0v) is 31.6. The first kappa shape index (κ1) is 35.1. The van der Waals surface area contributed by atoms with Crippen LogP contribution in [0.25, 0.3) is 11.1 Å². The number of hydrogen-bond donors (Lipinski definition) is 2. The Morgan fingerprint density at radius 2 is 1.33 bits per heavy atom. The fourth-order valence-corrected chi connectivity index (χ4v) is 8.95. The molecule has 0 atom stereocenters. The zero-order valence-electron chi connectivity index (χ0n) is 30.8. The molecule has 0 saturated heterocycles. The van der Waals surface area contributed by atoms with E-state index in [0.29, 0.717) is 28.0 Å². The summed E-state index contributed by atoms with van der Waals surface area (Å²) in [7, 11) is 3.87. The largest absolute Gasteiger partial charge is 0.327 e. The molecule has 2 saturated carbocycles. The molecule has 4 heterocycles. The molecule has 274 valence electrons. The summed E-state index contributed by atoms with van der Waals surface area (Å²) in [5.41, 5.74) is 8.00. The smallest absolute Gasteiger partial charge is 0.291 e. The van der Waals surface area contributed by atoms with E-state index in [0.717, 1.165) is 103 Å². The van der Waals surface area contributed by atoms with Gasteiger partial charge in [0, 0.05) is 82.3 Å². The van der Waals surface area contributed by atoms with E-state index < -0.39 is 0 Å². The summed E-state index contributed by atoms with van der Waals surface area (Å²) in [4.78, 5) is 41.9. The standard InChI is InChI=1S/C41H51ClN8O2/c1-26-29(11-7-13-31(26)45-40(51)38-44-34-25-50(23-28-15-16-28)22-19-36(34)48(38)3)30-12-8-14-32(37(30)42)46-41(52)39-43-33-24-49(21-18-35(33)47(39)2)20-17-27-9-5-4-6-10-27/h7-8,11-14,27-28H,4-6,9-10,15-25H2,1-3H3,(H,45,51)(H,46,52). The Bertz CT molecular complexity index is 1990. The number of nitrogens with zero attached hydrogens (tertiary/aromatic N) is 6. The topological polar surface area (TPSA) is 100 Å². The van der Waals surface area contributed by atoms with Crippen LogP contribution < -0.4 is 10.6 Å². The third kappa shape index (κ3) is 7.17. The Hall–Kier alpha value is -3.99. The van der Waals surface area contributed by atoms with Crippen molar-refractivity contribution < 1.29 is 9.59 Å². The number of imidazole rings is 2. The summed E-state index contributed by atoms with van der Waals surface area (Å²) < 4.78 is 3.90. The molecule has 11 heteroatoms. The predicted molar refractivity (Wildman–Crippen MR) is 206 cm³/mol. The maximum absolute atomic E-state index is 13.7. The van der Waals surface area contributed by atoms with Crippen LogP contribution in [-0.4, -0.2) is 66.9 Å². The molecule has 2 aromatic heterocycles. The van der Waals surface area contributed by atoms with Crippen LogP contribution in [0.4, 0.5) is 11.4 Å². The van der Waals surface area contributed by atoms with Gasteiger partial charge in [-0.25, -0.2) is 9.97 Å². The monoisotopic (exact) mass is 722 g/mol. The Balaban J connectivity index is 0.949. The van der Waals surface area contributed by atoms with Crippen LogP contribution in [0.15, 0.2) is 36.4 Å². The Labute approximate surface area is 311 Å². The van der Waals surface area contributed by atoms with Crippen molar-refractivity contribution in [3.8, 4) is 11.1 Å². The van der Waals surface area contributed by atoms with E-state index in [1.54, 1.807) is 0 Å². The van der Waals surface area contributed by atoms with Crippen molar-refractivity contribution in [2.24, 2.45) is 25.9 Å². The molecular weight excluding hydrogens is 672 g/mol. The van der Waals surface area contributed by atoms with E-state index in [9.17, 15) is 9.59 Å². The number of carbonyl (C=O) groups excluding carboxylic acids is 2. The van der Waals surface area contributed by atoms with Gasteiger partial charge in [0.25, 0.3) is 11.8 Å². The van der Waals surface area contributed by atoms with Gasteiger partial charge in [-0.15, -0.1) is 0 Å². The second-order valence-electron chi connectivity index (χ2n) is 15.6. The highest BCUT2D eigenvalue weighted by molar-refractivity contribution is 6.36. The molecule has 4 aliphatic rings. The molecule has 8 rings (SSSR count). The van der Waals surface area contributed by atoms with Gasteiger partial charge >= 0.3 is 0 Å². The number of amides is 2. The molecule has 2 amide bonds. The summed E-state index contributed by atoms with van der Waals surface area (Å²) >= 11 is 7.03. The van der Waals surface area contributed by atoms with E-state index in [1.807, 2.05) is 66.6 Å². The lowest BCUT2D eigenvalue weighted by Gasteiger charge is -2.29. The lowest BCUT2D eigenvalue weighted by molar-refractivity contribution is 0.100. The van der Waals surface area contributed by atoms with Crippen LogP contribution in [0.3, 0.4) is 0 Å². The van der Waals surface area contributed by atoms with Crippen molar-refractivity contribution in [3.05, 3.63) is 81.4 Å². The van der Waals surface area contributed by atoms with Gasteiger partial charge in [-0.05, 0) is 67.8 Å². The second kappa shape index (κ2) is 14.8. The maximum atomic E-state index is 13.7. The molecule has 2 N–H and O–H groups in total. The number of carbonyl (C=O) groups is 2. The molecule has 2 aliphatic heterocycles. The molecule has 4 aromatic rings. The van der Waals surface area contributed by atoms with Crippen LogP contribution >= 0.6 is 11.6 Å². The number of fused-ring (bicyclic) bond motifs is 2. The normalized spacial score (nSPS) is 18.2. The summed E-state index contributed by atoms with van der Waals surface area (Å²) in [6.07, 6.45) is 12.6. The Morgan fingerprint density at radius 1 is 0.750 bits per heavy atom. The fraction of sp³-hybridized carbons (Fsp3) is 0.512. The van der Waals surface area contributed by atoms with Gasteiger partial charge in [-0.1, -0.05) is 68.0 Å². The van der Waals surface area contributed by atoms with Gasteiger partial charge < -0.3 is 19.8 Å². The van der Waals surface area contributed by atoms with Gasteiger partial charge in [0.2, 0.25) is 0 Å². The van der Waals surface area contributed by atoms with Gasteiger partial charge in [-0.2, -0.15) is 0 Å². The third-order valence-electron chi connectivity index (χ3n) is 12.0. The van der Waals surface area contributed by atoms with E-state index in [4.69, 9.17) is 21.6 Å². The van der Waals surface area contributed by atoms with Gasteiger partial charge in [-0.3, -0.25) is 19.4 Å². The Morgan fingerprint density at radius 3 is 1.98 bits per heavy atom. The van der Waals surface area contributed by atoms with E-state index in [2.05, 4.69) is 20.4 Å². The van der Waals surface area contributed by atoms with Crippen LogP contribution in [0.5, 0.6) is 0 Å². The second-order valence-corrected chi connectivity index (χ2v) is 16.0. The van der Waals surface area contributed by atoms with E-state index >= 15 is 0 Å². The number of benzene rings is 2. The summed E-state index contributed by atoms with van der Waals surface area (Å²) in [5.74, 6) is 1.98. The third-order valence-corrected chi connectivity index (χ3v) is 12.4. The van der Waals surface area contributed by atoms with Gasteiger partial charge in [0.15, 0.2) is 11.6 Å². The first-order chi connectivity index (χ1) is 25.2. The molecule has 2 aromatic carbocycles. The van der Waals surface area contributed by atoms with Gasteiger partial charge in [0.05, 0.1) is 22.1 Å². The minimum Gasteiger partial charge on any atom is -0.327 e. The van der Waals surface area contributed by atoms with Crippen molar-refractivity contribution >= 4 is 34.8 Å². The number of rotatable bonds is 10. The fourth-order valence-electron chi connectivity index (χ4n) is 8.68. The summed E-state index contributed by atoms with van der Waals surface area (Å²) in [6, 6.07) is 11.4. The van der Waals surface area contributed by atoms with Crippen LogP contribution in [0.1, 0.15) is 101 Å². The zero-order chi connectivity index (χ0) is 35.9. The van der Waals surface area contributed by atoms with Crippen LogP contribution in [-0.2, 0) is 40.0 Å².